The molecule has 4 heteroatoms. The van der Waals surface area contributed by atoms with E-state index in [1.165, 1.54) is 24.5 Å². The predicted molar refractivity (Wildman–Crippen MR) is 86.5 cm³/mol. The maximum absolute atomic E-state index is 14.1. The van der Waals surface area contributed by atoms with E-state index in [9.17, 15) is 9.18 Å². The fraction of sp³-hybridized carbons (Fsp3) is 0.0556. The van der Waals surface area contributed by atoms with Crippen LogP contribution in [0, 0.1) is 5.82 Å². The van der Waals surface area contributed by atoms with Gasteiger partial charge in [0.2, 0.25) is 0 Å². The van der Waals surface area contributed by atoms with Gasteiger partial charge in [-0.25, -0.2) is 9.18 Å². The van der Waals surface area contributed by atoms with Crippen LogP contribution in [0.2, 0.25) is 0 Å². The number of carbonyl (C=O) groups is 1. The summed E-state index contributed by atoms with van der Waals surface area (Å²) in [6, 6.07) is 15.7. The predicted octanol–water partition coefficient (Wildman–Crippen LogP) is 5.01. The molecule has 0 unspecified atom stereocenters. The standard InChI is InChI=1S/C18H13FO2S/c1-21-18(20)15-8-3-2-7-13(15)17-14(10-11-22-17)12-6-4-5-9-16(12)19/h2-11H,1H3. The van der Waals surface area contributed by atoms with Crippen molar-refractivity contribution in [2.45, 2.75) is 0 Å². The molecule has 2 aromatic carbocycles. The zero-order valence-electron chi connectivity index (χ0n) is 11.9. The van der Waals surface area contributed by atoms with E-state index in [0.29, 0.717) is 11.1 Å². The molecule has 1 aromatic heterocycles. The molecule has 1 heterocycles. The molecule has 0 amide bonds. The van der Waals surface area contributed by atoms with Gasteiger partial charge in [-0.15, -0.1) is 11.3 Å². The molecular formula is C18H13FO2S. The van der Waals surface area contributed by atoms with Gasteiger partial charge in [0.25, 0.3) is 0 Å². The van der Waals surface area contributed by atoms with E-state index in [0.717, 1.165) is 16.0 Å². The van der Waals surface area contributed by atoms with Crippen molar-refractivity contribution >= 4 is 17.3 Å². The highest BCUT2D eigenvalue weighted by Crippen LogP contribution is 2.39. The van der Waals surface area contributed by atoms with E-state index in [2.05, 4.69) is 0 Å². The zero-order chi connectivity index (χ0) is 15.5. The van der Waals surface area contributed by atoms with Crippen molar-refractivity contribution in [2.24, 2.45) is 0 Å². The van der Waals surface area contributed by atoms with Crippen molar-refractivity contribution < 1.29 is 13.9 Å². The van der Waals surface area contributed by atoms with Crippen LogP contribution in [0.1, 0.15) is 10.4 Å². The number of methoxy groups -OCH3 is 1. The fourth-order valence-electron chi connectivity index (χ4n) is 2.38. The van der Waals surface area contributed by atoms with Crippen LogP contribution < -0.4 is 0 Å². The molecule has 3 rings (SSSR count). The van der Waals surface area contributed by atoms with Gasteiger partial charge in [0.1, 0.15) is 5.82 Å². The monoisotopic (exact) mass is 312 g/mol. The van der Waals surface area contributed by atoms with Crippen molar-refractivity contribution in [1.82, 2.24) is 0 Å². The maximum Gasteiger partial charge on any atom is 0.338 e. The van der Waals surface area contributed by atoms with Gasteiger partial charge in [-0.3, -0.25) is 0 Å². The molecule has 0 N–H and O–H groups in total. The highest BCUT2D eigenvalue weighted by Gasteiger charge is 2.18. The average molecular weight is 312 g/mol. The molecule has 0 radical (unpaired) electrons. The lowest BCUT2D eigenvalue weighted by Crippen LogP contribution is -2.03. The third-order valence-corrected chi connectivity index (χ3v) is 4.35. The number of ether oxygens (including phenoxy) is 1. The van der Waals surface area contributed by atoms with E-state index >= 15 is 0 Å². The Labute approximate surface area is 131 Å². The number of rotatable bonds is 3. The summed E-state index contributed by atoms with van der Waals surface area (Å²) >= 11 is 1.47. The molecule has 3 aromatic rings. The molecule has 0 bridgehead atoms. The third kappa shape index (κ3) is 2.53. The lowest BCUT2D eigenvalue weighted by Gasteiger charge is -2.09. The molecule has 0 saturated heterocycles. The van der Waals surface area contributed by atoms with E-state index in [1.807, 2.05) is 23.6 Å². The molecule has 0 aliphatic carbocycles. The number of carbonyl (C=O) groups excluding carboxylic acids is 1. The second kappa shape index (κ2) is 6.12. The maximum atomic E-state index is 14.1. The molecule has 0 atom stereocenters. The third-order valence-electron chi connectivity index (χ3n) is 3.41. The van der Waals surface area contributed by atoms with Gasteiger partial charge in [0.15, 0.2) is 0 Å². The summed E-state index contributed by atoms with van der Waals surface area (Å²) in [5, 5.41) is 1.89. The second-order valence-electron chi connectivity index (χ2n) is 4.68. The summed E-state index contributed by atoms with van der Waals surface area (Å²) < 4.78 is 18.9. The minimum Gasteiger partial charge on any atom is -0.465 e. The highest BCUT2D eigenvalue weighted by molar-refractivity contribution is 7.14. The van der Waals surface area contributed by atoms with Gasteiger partial charge in [-0.1, -0.05) is 36.4 Å². The van der Waals surface area contributed by atoms with Crippen molar-refractivity contribution in [3.63, 3.8) is 0 Å². The van der Waals surface area contributed by atoms with Gasteiger partial charge < -0.3 is 4.74 Å². The smallest absolute Gasteiger partial charge is 0.338 e. The van der Waals surface area contributed by atoms with E-state index in [4.69, 9.17) is 4.74 Å². The Morgan fingerprint density at radius 2 is 1.64 bits per heavy atom. The average Bonchev–Trinajstić information content (AvgIpc) is 3.03. The van der Waals surface area contributed by atoms with Crippen LogP contribution in [-0.4, -0.2) is 13.1 Å². The number of benzene rings is 2. The first kappa shape index (κ1) is 14.5. The van der Waals surface area contributed by atoms with Crippen LogP contribution >= 0.6 is 11.3 Å². The largest absolute Gasteiger partial charge is 0.465 e. The summed E-state index contributed by atoms with van der Waals surface area (Å²) in [4.78, 5) is 12.8. The number of hydrogen-bond acceptors (Lipinski definition) is 3. The van der Waals surface area contributed by atoms with Crippen molar-refractivity contribution in [1.29, 1.82) is 0 Å². The van der Waals surface area contributed by atoms with Crippen LogP contribution in [-0.2, 0) is 4.74 Å². The van der Waals surface area contributed by atoms with Gasteiger partial charge in [0, 0.05) is 21.6 Å². The number of thiophene rings is 1. The Kier molecular flexibility index (Phi) is 4.02. The van der Waals surface area contributed by atoms with Crippen LogP contribution in [0.5, 0.6) is 0 Å². The van der Waals surface area contributed by atoms with Crippen molar-refractivity contribution in [2.75, 3.05) is 7.11 Å². The van der Waals surface area contributed by atoms with Crippen molar-refractivity contribution in [3.8, 4) is 21.6 Å². The van der Waals surface area contributed by atoms with Crippen molar-refractivity contribution in [3.05, 3.63) is 71.4 Å². The summed E-state index contributed by atoms with van der Waals surface area (Å²) in [5.74, 6) is -0.679. The highest BCUT2D eigenvalue weighted by atomic mass is 32.1. The lowest BCUT2D eigenvalue weighted by molar-refractivity contribution is 0.0601. The Morgan fingerprint density at radius 3 is 2.36 bits per heavy atom. The molecular weight excluding hydrogens is 299 g/mol. The van der Waals surface area contributed by atoms with Crippen LogP contribution in [0.4, 0.5) is 4.39 Å². The zero-order valence-corrected chi connectivity index (χ0v) is 12.7. The number of halogens is 1. The summed E-state index contributed by atoms with van der Waals surface area (Å²) in [6.07, 6.45) is 0. The molecule has 0 fully saturated rings. The Bertz CT molecular complexity index is 823. The van der Waals surface area contributed by atoms with E-state index in [1.54, 1.807) is 30.3 Å². The Morgan fingerprint density at radius 1 is 0.955 bits per heavy atom. The first-order chi connectivity index (χ1) is 10.7. The van der Waals surface area contributed by atoms with Crippen LogP contribution in [0.25, 0.3) is 21.6 Å². The summed E-state index contributed by atoms with van der Waals surface area (Å²) in [6.45, 7) is 0. The number of esters is 1. The molecule has 0 saturated carbocycles. The molecule has 0 spiro atoms. The Balaban J connectivity index is 2.19. The minimum absolute atomic E-state index is 0.280. The molecule has 0 aliphatic rings. The van der Waals surface area contributed by atoms with Gasteiger partial charge in [0.05, 0.1) is 12.7 Å². The number of hydrogen-bond donors (Lipinski definition) is 0. The van der Waals surface area contributed by atoms with Gasteiger partial charge >= 0.3 is 5.97 Å². The normalized spacial score (nSPS) is 10.5. The Hall–Kier alpha value is -2.46. The molecule has 22 heavy (non-hydrogen) atoms. The minimum atomic E-state index is -0.400. The van der Waals surface area contributed by atoms with Crippen LogP contribution in [0.15, 0.2) is 60.0 Å². The first-order valence-corrected chi connectivity index (χ1v) is 7.60. The van der Waals surface area contributed by atoms with E-state index < -0.39 is 5.97 Å². The fourth-order valence-corrected chi connectivity index (χ4v) is 3.33. The lowest BCUT2D eigenvalue weighted by atomic mass is 9.99. The second-order valence-corrected chi connectivity index (χ2v) is 5.60. The van der Waals surface area contributed by atoms with E-state index in [-0.39, 0.29) is 5.82 Å². The molecule has 110 valence electrons. The topological polar surface area (TPSA) is 26.3 Å². The van der Waals surface area contributed by atoms with Crippen LogP contribution in [0.3, 0.4) is 0 Å². The van der Waals surface area contributed by atoms with Gasteiger partial charge in [-0.05, 0) is 23.6 Å². The van der Waals surface area contributed by atoms with Gasteiger partial charge in [-0.2, -0.15) is 0 Å². The summed E-state index contributed by atoms with van der Waals surface area (Å²) in [5.41, 5.74) is 2.53. The SMILES string of the molecule is COC(=O)c1ccccc1-c1sccc1-c1ccccc1F. The quantitative estimate of drug-likeness (QED) is 0.636. The first-order valence-electron chi connectivity index (χ1n) is 6.72. The summed E-state index contributed by atoms with van der Waals surface area (Å²) in [7, 11) is 1.35. The molecule has 0 aliphatic heterocycles. The molecule has 2 nitrogen and oxygen atoms in total.